The molecular formula is C11H16ClFN2O. The van der Waals surface area contributed by atoms with E-state index in [1.54, 1.807) is 11.9 Å². The molecule has 90 valence electrons. The Labute approximate surface area is 101 Å². The highest BCUT2D eigenvalue weighted by Gasteiger charge is 2.15. The van der Waals surface area contributed by atoms with Crippen LogP contribution in [0.15, 0.2) is 24.3 Å². The van der Waals surface area contributed by atoms with Crippen molar-refractivity contribution in [1.82, 2.24) is 4.90 Å². The molecule has 0 fully saturated rings. The van der Waals surface area contributed by atoms with Gasteiger partial charge in [-0.25, -0.2) is 4.39 Å². The second kappa shape index (κ2) is 6.45. The first-order chi connectivity index (χ1) is 7.06. The zero-order valence-electron chi connectivity index (χ0n) is 9.31. The summed E-state index contributed by atoms with van der Waals surface area (Å²) in [7, 11) is 1.68. The molecule has 0 spiro atoms. The van der Waals surface area contributed by atoms with Gasteiger partial charge < -0.3 is 10.6 Å². The van der Waals surface area contributed by atoms with Crippen LogP contribution in [0.2, 0.25) is 0 Å². The molecule has 0 aliphatic heterocycles. The predicted molar refractivity (Wildman–Crippen MR) is 64.3 cm³/mol. The zero-order valence-corrected chi connectivity index (χ0v) is 10.1. The molecule has 0 aromatic heterocycles. The largest absolute Gasteiger partial charge is 0.338 e. The Balaban J connectivity index is 0.00000225. The molecule has 5 heteroatoms. The molecule has 0 heterocycles. The van der Waals surface area contributed by atoms with E-state index in [4.69, 9.17) is 5.73 Å². The summed E-state index contributed by atoms with van der Waals surface area (Å²) < 4.78 is 12.6. The number of benzene rings is 1. The average Bonchev–Trinajstić information content (AvgIpc) is 2.27. The maximum absolute atomic E-state index is 12.6. The van der Waals surface area contributed by atoms with Crippen LogP contribution in [0.1, 0.15) is 17.3 Å². The fraction of sp³-hybridized carbons (Fsp3) is 0.364. The van der Waals surface area contributed by atoms with E-state index in [-0.39, 0.29) is 30.2 Å². The second-order valence-electron chi connectivity index (χ2n) is 3.51. The number of halogens is 2. The minimum absolute atomic E-state index is 0. The van der Waals surface area contributed by atoms with Gasteiger partial charge in [-0.15, -0.1) is 12.4 Å². The molecule has 0 radical (unpaired) electrons. The van der Waals surface area contributed by atoms with Crippen LogP contribution < -0.4 is 5.73 Å². The van der Waals surface area contributed by atoms with E-state index in [1.165, 1.54) is 24.3 Å². The van der Waals surface area contributed by atoms with E-state index in [1.807, 2.05) is 6.92 Å². The van der Waals surface area contributed by atoms with Crippen molar-refractivity contribution >= 4 is 18.3 Å². The van der Waals surface area contributed by atoms with E-state index in [2.05, 4.69) is 0 Å². The number of carbonyl (C=O) groups excluding carboxylic acids is 1. The van der Waals surface area contributed by atoms with Gasteiger partial charge in [0.25, 0.3) is 5.91 Å². The van der Waals surface area contributed by atoms with Crippen molar-refractivity contribution in [2.45, 2.75) is 13.0 Å². The van der Waals surface area contributed by atoms with Crippen molar-refractivity contribution in [3.63, 3.8) is 0 Å². The number of nitrogens with zero attached hydrogens (tertiary/aromatic N) is 1. The van der Waals surface area contributed by atoms with Gasteiger partial charge in [0.15, 0.2) is 0 Å². The van der Waals surface area contributed by atoms with Crippen molar-refractivity contribution in [1.29, 1.82) is 0 Å². The first kappa shape index (κ1) is 14.9. The lowest BCUT2D eigenvalue weighted by Crippen LogP contribution is -2.39. The van der Waals surface area contributed by atoms with Crippen LogP contribution in [-0.2, 0) is 0 Å². The maximum Gasteiger partial charge on any atom is 0.253 e. The number of likely N-dealkylation sites (N-methyl/N-ethyl adjacent to an activating group) is 1. The highest BCUT2D eigenvalue weighted by Crippen LogP contribution is 2.07. The van der Waals surface area contributed by atoms with Crippen molar-refractivity contribution in [3.8, 4) is 0 Å². The average molecular weight is 247 g/mol. The first-order valence-electron chi connectivity index (χ1n) is 4.79. The molecule has 1 aromatic carbocycles. The molecule has 2 N–H and O–H groups in total. The van der Waals surface area contributed by atoms with E-state index >= 15 is 0 Å². The summed E-state index contributed by atoms with van der Waals surface area (Å²) in [5, 5.41) is 0. The van der Waals surface area contributed by atoms with Gasteiger partial charge >= 0.3 is 0 Å². The third kappa shape index (κ3) is 3.47. The van der Waals surface area contributed by atoms with Crippen molar-refractivity contribution in [2.24, 2.45) is 5.73 Å². The van der Waals surface area contributed by atoms with Crippen LogP contribution >= 0.6 is 12.4 Å². The minimum atomic E-state index is -0.346. The van der Waals surface area contributed by atoms with Crippen LogP contribution in [0, 0.1) is 5.82 Å². The van der Waals surface area contributed by atoms with E-state index in [0.717, 1.165) is 0 Å². The highest BCUT2D eigenvalue weighted by atomic mass is 35.5. The lowest BCUT2D eigenvalue weighted by molar-refractivity contribution is 0.0748. The fourth-order valence-corrected chi connectivity index (χ4v) is 1.15. The van der Waals surface area contributed by atoms with E-state index < -0.39 is 0 Å². The van der Waals surface area contributed by atoms with Gasteiger partial charge in [-0.2, -0.15) is 0 Å². The van der Waals surface area contributed by atoms with E-state index in [0.29, 0.717) is 12.1 Å². The predicted octanol–water partition coefficient (Wildman–Crippen LogP) is 1.67. The molecular weight excluding hydrogens is 231 g/mol. The van der Waals surface area contributed by atoms with Crippen LogP contribution in [0.5, 0.6) is 0 Å². The van der Waals surface area contributed by atoms with Crippen LogP contribution in [0.25, 0.3) is 0 Å². The summed E-state index contributed by atoms with van der Waals surface area (Å²) in [4.78, 5) is 13.4. The fourth-order valence-electron chi connectivity index (χ4n) is 1.15. The van der Waals surface area contributed by atoms with Gasteiger partial charge in [-0.3, -0.25) is 4.79 Å². The Kier molecular flexibility index (Phi) is 6.00. The molecule has 0 saturated heterocycles. The molecule has 0 aliphatic rings. The van der Waals surface area contributed by atoms with Gasteiger partial charge in [-0.1, -0.05) is 0 Å². The van der Waals surface area contributed by atoms with Crippen molar-refractivity contribution < 1.29 is 9.18 Å². The number of carbonyl (C=O) groups is 1. The Hall–Kier alpha value is -1.13. The Morgan fingerprint density at radius 2 is 1.94 bits per heavy atom. The summed E-state index contributed by atoms with van der Waals surface area (Å²) >= 11 is 0. The molecule has 1 atom stereocenters. The molecule has 1 aromatic rings. The lowest BCUT2D eigenvalue weighted by Gasteiger charge is -2.23. The molecule has 0 saturated carbocycles. The molecule has 16 heavy (non-hydrogen) atoms. The van der Waals surface area contributed by atoms with Gasteiger partial charge in [0, 0.05) is 25.2 Å². The summed E-state index contributed by atoms with van der Waals surface area (Å²) in [5.74, 6) is -0.492. The Bertz CT molecular complexity index is 342. The Morgan fingerprint density at radius 3 is 2.38 bits per heavy atom. The number of hydrogen-bond acceptors (Lipinski definition) is 2. The highest BCUT2D eigenvalue weighted by molar-refractivity contribution is 5.94. The zero-order chi connectivity index (χ0) is 11.4. The summed E-state index contributed by atoms with van der Waals surface area (Å²) in [5.41, 5.74) is 5.93. The lowest BCUT2D eigenvalue weighted by atomic mass is 10.2. The molecule has 1 unspecified atom stereocenters. The standard InChI is InChI=1S/C11H15FN2O.ClH/c1-8(7-13)14(2)11(15)9-3-5-10(12)6-4-9;/h3-6,8H,7,13H2,1-2H3;1H. The van der Waals surface area contributed by atoms with Crippen LogP contribution in [0.4, 0.5) is 4.39 Å². The van der Waals surface area contributed by atoms with Crippen molar-refractivity contribution in [2.75, 3.05) is 13.6 Å². The summed E-state index contributed by atoms with van der Waals surface area (Å²) in [6.45, 7) is 2.27. The molecule has 1 amide bonds. The first-order valence-corrected chi connectivity index (χ1v) is 4.79. The van der Waals surface area contributed by atoms with Crippen LogP contribution in [0.3, 0.4) is 0 Å². The van der Waals surface area contributed by atoms with Gasteiger partial charge in [0.2, 0.25) is 0 Å². The topological polar surface area (TPSA) is 46.3 Å². The number of hydrogen-bond donors (Lipinski definition) is 1. The normalized spacial score (nSPS) is 11.5. The summed E-state index contributed by atoms with van der Waals surface area (Å²) in [6, 6.07) is 5.46. The van der Waals surface area contributed by atoms with Crippen molar-refractivity contribution in [3.05, 3.63) is 35.6 Å². The second-order valence-corrected chi connectivity index (χ2v) is 3.51. The van der Waals surface area contributed by atoms with Crippen LogP contribution in [-0.4, -0.2) is 30.4 Å². The number of amides is 1. The molecule has 3 nitrogen and oxygen atoms in total. The monoisotopic (exact) mass is 246 g/mol. The molecule has 0 bridgehead atoms. The Morgan fingerprint density at radius 1 is 1.44 bits per heavy atom. The molecule has 0 aliphatic carbocycles. The minimum Gasteiger partial charge on any atom is -0.338 e. The third-order valence-corrected chi connectivity index (χ3v) is 2.41. The van der Waals surface area contributed by atoms with Gasteiger partial charge in [-0.05, 0) is 31.2 Å². The maximum atomic E-state index is 12.6. The quantitative estimate of drug-likeness (QED) is 0.882. The van der Waals surface area contributed by atoms with Gasteiger partial charge in [0.1, 0.15) is 5.82 Å². The summed E-state index contributed by atoms with van der Waals surface area (Å²) in [6.07, 6.45) is 0. The molecule has 1 rings (SSSR count). The van der Waals surface area contributed by atoms with Gasteiger partial charge in [0.05, 0.1) is 0 Å². The van der Waals surface area contributed by atoms with E-state index in [9.17, 15) is 9.18 Å². The SMILES string of the molecule is CC(CN)N(C)C(=O)c1ccc(F)cc1.Cl. The number of rotatable bonds is 3. The number of nitrogens with two attached hydrogens (primary N) is 1. The third-order valence-electron chi connectivity index (χ3n) is 2.41. The smallest absolute Gasteiger partial charge is 0.253 e.